The molecule has 0 unspecified atom stereocenters. The highest BCUT2D eigenvalue weighted by atomic mass is 16.6. The maximum absolute atomic E-state index is 12.1. The molecular formula is C16H13NO3. The summed E-state index contributed by atoms with van der Waals surface area (Å²) < 4.78 is 10.7. The topological polar surface area (TPSA) is 59.3 Å². The summed E-state index contributed by atoms with van der Waals surface area (Å²) in [5.74, 6) is 0.357. The lowest BCUT2D eigenvalue weighted by atomic mass is 10.1. The van der Waals surface area contributed by atoms with Gasteiger partial charge in [-0.3, -0.25) is 0 Å². The molecule has 0 aliphatic carbocycles. The third-order valence-electron chi connectivity index (χ3n) is 2.58. The van der Waals surface area contributed by atoms with Gasteiger partial charge in [-0.2, -0.15) is 5.26 Å². The molecule has 0 aliphatic heterocycles. The van der Waals surface area contributed by atoms with Crippen molar-refractivity contribution >= 4 is 5.97 Å². The molecule has 0 atom stereocenters. The summed E-state index contributed by atoms with van der Waals surface area (Å²) >= 11 is 0. The number of benzene rings is 2. The lowest BCUT2D eigenvalue weighted by Crippen LogP contribution is -2.09. The standard InChI is InChI=1S/C16H13NO3/c1-2-19-14-8-3-4-9-15(14)20-16(18)13-7-5-6-12(10-13)11-17/h3-10H,2H2,1H3. The molecule has 2 aromatic carbocycles. The fraction of sp³-hybridized carbons (Fsp3) is 0.125. The number of ether oxygens (including phenoxy) is 2. The van der Waals surface area contributed by atoms with Gasteiger partial charge in [0.25, 0.3) is 0 Å². The maximum atomic E-state index is 12.1. The van der Waals surface area contributed by atoms with Gasteiger partial charge in [-0.25, -0.2) is 4.79 Å². The third kappa shape index (κ3) is 3.15. The van der Waals surface area contributed by atoms with E-state index < -0.39 is 5.97 Å². The van der Waals surface area contributed by atoms with Crippen LogP contribution in [0.3, 0.4) is 0 Å². The fourth-order valence-corrected chi connectivity index (χ4v) is 1.68. The molecule has 0 saturated heterocycles. The minimum atomic E-state index is -0.519. The Morgan fingerprint density at radius 2 is 1.90 bits per heavy atom. The van der Waals surface area contributed by atoms with Crippen LogP contribution in [0.4, 0.5) is 0 Å². The molecule has 0 amide bonds. The van der Waals surface area contributed by atoms with Crippen LogP contribution in [0.5, 0.6) is 11.5 Å². The number of para-hydroxylation sites is 2. The largest absolute Gasteiger partial charge is 0.490 e. The average molecular weight is 267 g/mol. The van der Waals surface area contributed by atoms with Crippen LogP contribution in [-0.4, -0.2) is 12.6 Å². The van der Waals surface area contributed by atoms with E-state index in [9.17, 15) is 4.79 Å². The van der Waals surface area contributed by atoms with E-state index >= 15 is 0 Å². The Hall–Kier alpha value is -2.80. The molecule has 4 nitrogen and oxygen atoms in total. The number of carbonyl (C=O) groups excluding carboxylic acids is 1. The summed E-state index contributed by atoms with van der Waals surface area (Å²) in [6.07, 6.45) is 0. The molecule has 0 heterocycles. The Labute approximate surface area is 117 Å². The molecule has 0 N–H and O–H groups in total. The van der Waals surface area contributed by atoms with Gasteiger partial charge in [0.15, 0.2) is 11.5 Å². The van der Waals surface area contributed by atoms with Gasteiger partial charge in [0.2, 0.25) is 0 Å². The highest BCUT2D eigenvalue weighted by molar-refractivity contribution is 5.91. The summed E-state index contributed by atoms with van der Waals surface area (Å²) in [6, 6.07) is 15.3. The summed E-state index contributed by atoms with van der Waals surface area (Å²) in [5.41, 5.74) is 0.743. The Kier molecular flexibility index (Phi) is 4.35. The molecule has 2 aromatic rings. The van der Waals surface area contributed by atoms with Crippen molar-refractivity contribution in [1.29, 1.82) is 5.26 Å². The van der Waals surface area contributed by atoms with Crippen molar-refractivity contribution in [3.05, 3.63) is 59.7 Å². The molecule has 100 valence electrons. The number of hydrogen-bond donors (Lipinski definition) is 0. The third-order valence-corrected chi connectivity index (χ3v) is 2.58. The smallest absolute Gasteiger partial charge is 0.343 e. The first-order valence-electron chi connectivity index (χ1n) is 6.18. The molecule has 0 aromatic heterocycles. The molecule has 4 heteroatoms. The number of carbonyl (C=O) groups is 1. The van der Waals surface area contributed by atoms with Gasteiger partial charge in [0.05, 0.1) is 23.8 Å². The van der Waals surface area contributed by atoms with Crippen LogP contribution < -0.4 is 9.47 Å². The summed E-state index contributed by atoms with van der Waals surface area (Å²) in [4.78, 5) is 12.1. The number of nitrogens with zero attached hydrogens (tertiary/aromatic N) is 1. The van der Waals surface area contributed by atoms with Crippen molar-refractivity contribution in [3.63, 3.8) is 0 Å². The van der Waals surface area contributed by atoms with Gasteiger partial charge < -0.3 is 9.47 Å². The zero-order chi connectivity index (χ0) is 14.4. The Morgan fingerprint density at radius 3 is 2.60 bits per heavy atom. The van der Waals surface area contributed by atoms with Crippen LogP contribution in [0.1, 0.15) is 22.8 Å². The van der Waals surface area contributed by atoms with Crippen molar-refractivity contribution in [3.8, 4) is 17.6 Å². The number of rotatable bonds is 4. The molecule has 0 fully saturated rings. The Morgan fingerprint density at radius 1 is 1.15 bits per heavy atom. The van der Waals surface area contributed by atoms with Crippen molar-refractivity contribution in [2.75, 3.05) is 6.61 Å². The van der Waals surface area contributed by atoms with E-state index in [2.05, 4.69) is 0 Å². The van der Waals surface area contributed by atoms with Crippen LogP contribution in [-0.2, 0) is 0 Å². The molecular weight excluding hydrogens is 254 g/mol. The zero-order valence-corrected chi connectivity index (χ0v) is 11.0. The van der Waals surface area contributed by atoms with E-state index in [1.54, 1.807) is 42.5 Å². The van der Waals surface area contributed by atoms with Gasteiger partial charge in [-0.1, -0.05) is 18.2 Å². The quantitative estimate of drug-likeness (QED) is 0.630. The Bertz CT molecular complexity index is 659. The highest BCUT2D eigenvalue weighted by Gasteiger charge is 2.12. The molecule has 2 rings (SSSR count). The van der Waals surface area contributed by atoms with E-state index in [-0.39, 0.29) is 0 Å². The van der Waals surface area contributed by atoms with Gasteiger partial charge in [0.1, 0.15) is 0 Å². The van der Waals surface area contributed by atoms with Crippen molar-refractivity contribution < 1.29 is 14.3 Å². The molecule has 0 aliphatic rings. The monoisotopic (exact) mass is 267 g/mol. The second kappa shape index (κ2) is 6.39. The van der Waals surface area contributed by atoms with E-state index in [0.717, 1.165) is 0 Å². The van der Waals surface area contributed by atoms with Crippen LogP contribution in [0.2, 0.25) is 0 Å². The first kappa shape index (κ1) is 13.6. The number of nitriles is 1. The van der Waals surface area contributed by atoms with Crippen molar-refractivity contribution in [1.82, 2.24) is 0 Å². The number of hydrogen-bond acceptors (Lipinski definition) is 4. The Balaban J connectivity index is 2.21. The van der Waals surface area contributed by atoms with Crippen LogP contribution >= 0.6 is 0 Å². The predicted molar refractivity (Wildman–Crippen MR) is 73.7 cm³/mol. The van der Waals surface area contributed by atoms with Gasteiger partial charge in [0, 0.05) is 0 Å². The number of esters is 1. The lowest BCUT2D eigenvalue weighted by Gasteiger charge is -2.10. The molecule has 0 spiro atoms. The molecule has 0 radical (unpaired) electrons. The van der Waals surface area contributed by atoms with Crippen LogP contribution in [0, 0.1) is 11.3 Å². The van der Waals surface area contributed by atoms with Crippen molar-refractivity contribution in [2.24, 2.45) is 0 Å². The first-order chi connectivity index (χ1) is 9.74. The highest BCUT2D eigenvalue weighted by Crippen LogP contribution is 2.27. The minimum Gasteiger partial charge on any atom is -0.490 e. The lowest BCUT2D eigenvalue weighted by molar-refractivity contribution is 0.0728. The van der Waals surface area contributed by atoms with E-state index in [1.165, 1.54) is 6.07 Å². The van der Waals surface area contributed by atoms with Crippen molar-refractivity contribution in [2.45, 2.75) is 6.92 Å². The van der Waals surface area contributed by atoms with Gasteiger partial charge >= 0.3 is 5.97 Å². The fourth-order valence-electron chi connectivity index (χ4n) is 1.68. The summed E-state index contributed by atoms with van der Waals surface area (Å²) in [5, 5.41) is 8.83. The second-order valence-corrected chi connectivity index (χ2v) is 3.96. The van der Waals surface area contributed by atoms with Crippen LogP contribution in [0.25, 0.3) is 0 Å². The first-order valence-corrected chi connectivity index (χ1v) is 6.18. The normalized spacial score (nSPS) is 9.60. The van der Waals surface area contributed by atoms with E-state index in [4.69, 9.17) is 14.7 Å². The summed E-state index contributed by atoms with van der Waals surface area (Å²) in [7, 11) is 0. The minimum absolute atomic E-state index is 0.329. The average Bonchev–Trinajstić information content (AvgIpc) is 2.49. The maximum Gasteiger partial charge on any atom is 0.343 e. The van der Waals surface area contributed by atoms with Gasteiger partial charge in [-0.05, 0) is 37.3 Å². The summed E-state index contributed by atoms with van der Waals surface area (Å²) in [6.45, 7) is 2.34. The molecule has 20 heavy (non-hydrogen) atoms. The second-order valence-electron chi connectivity index (χ2n) is 3.96. The van der Waals surface area contributed by atoms with E-state index in [1.807, 2.05) is 13.0 Å². The zero-order valence-electron chi connectivity index (χ0n) is 11.0. The molecule has 0 saturated carbocycles. The van der Waals surface area contributed by atoms with E-state index in [0.29, 0.717) is 29.2 Å². The predicted octanol–water partition coefficient (Wildman–Crippen LogP) is 3.18. The SMILES string of the molecule is CCOc1ccccc1OC(=O)c1cccc(C#N)c1. The molecule has 0 bridgehead atoms. The van der Waals surface area contributed by atoms with Crippen LogP contribution in [0.15, 0.2) is 48.5 Å². The van der Waals surface area contributed by atoms with Gasteiger partial charge in [-0.15, -0.1) is 0 Å².